The van der Waals surface area contributed by atoms with Gasteiger partial charge in [-0.15, -0.1) is 0 Å². The minimum Gasteiger partial charge on any atom is -0.491 e. The van der Waals surface area contributed by atoms with Gasteiger partial charge in [0.15, 0.2) is 0 Å². The molecule has 0 saturated heterocycles. The van der Waals surface area contributed by atoms with Crippen LogP contribution in [0.15, 0.2) is 27.4 Å². The van der Waals surface area contributed by atoms with Gasteiger partial charge in [0.1, 0.15) is 35.7 Å². The summed E-state index contributed by atoms with van der Waals surface area (Å²) < 4.78 is 12.8. The van der Waals surface area contributed by atoms with E-state index in [9.17, 15) is 9.90 Å². The molecule has 7 nitrogen and oxygen atoms in total. The average molecular weight is 355 g/mol. The van der Waals surface area contributed by atoms with E-state index in [0.29, 0.717) is 23.7 Å². The summed E-state index contributed by atoms with van der Waals surface area (Å²) in [5, 5.41) is 15.4. The lowest BCUT2D eigenvalue weighted by Gasteiger charge is -2.13. The maximum atomic E-state index is 12.1. The summed E-state index contributed by atoms with van der Waals surface area (Å²) in [6, 6.07) is 5.49. The standard InChI is InChI=1S/C19H21N3O4/c1-11-20-12(2)22(21-11)9-13(23)10-25-14-6-7-16-15-4-3-5-17(15)19(24)26-18(16)8-14/h6-8,13,23H,3-5,9-10H2,1-2H3/t13-/m0/s1. The van der Waals surface area contributed by atoms with Crippen LogP contribution in [0.5, 0.6) is 5.75 Å². The third-order valence-electron chi connectivity index (χ3n) is 4.73. The summed E-state index contributed by atoms with van der Waals surface area (Å²) in [6.07, 6.45) is 1.97. The van der Waals surface area contributed by atoms with Crippen LogP contribution in [0.1, 0.15) is 29.2 Å². The largest absolute Gasteiger partial charge is 0.491 e. The van der Waals surface area contributed by atoms with Crippen molar-refractivity contribution in [1.29, 1.82) is 0 Å². The fourth-order valence-electron chi connectivity index (χ4n) is 3.53. The van der Waals surface area contributed by atoms with Gasteiger partial charge in [0, 0.05) is 17.0 Å². The Morgan fingerprint density at radius 1 is 1.31 bits per heavy atom. The molecule has 7 heteroatoms. The number of hydrogen-bond donors (Lipinski definition) is 1. The summed E-state index contributed by atoms with van der Waals surface area (Å²) in [4.78, 5) is 16.3. The van der Waals surface area contributed by atoms with Crippen LogP contribution in [-0.4, -0.2) is 32.6 Å². The third-order valence-corrected chi connectivity index (χ3v) is 4.73. The van der Waals surface area contributed by atoms with Gasteiger partial charge < -0.3 is 14.3 Å². The van der Waals surface area contributed by atoms with Crippen molar-refractivity contribution >= 4 is 11.0 Å². The van der Waals surface area contributed by atoms with E-state index in [-0.39, 0.29) is 12.2 Å². The van der Waals surface area contributed by atoms with Gasteiger partial charge >= 0.3 is 5.63 Å². The zero-order valence-electron chi connectivity index (χ0n) is 14.9. The molecule has 4 rings (SSSR count). The van der Waals surface area contributed by atoms with Gasteiger partial charge in [-0.2, -0.15) is 5.10 Å². The quantitative estimate of drug-likeness (QED) is 0.703. The summed E-state index contributed by atoms with van der Waals surface area (Å²) in [6.45, 7) is 4.07. The van der Waals surface area contributed by atoms with Crippen molar-refractivity contribution in [3.8, 4) is 5.75 Å². The van der Waals surface area contributed by atoms with E-state index in [2.05, 4.69) is 10.1 Å². The number of rotatable bonds is 5. The fraction of sp³-hybridized carbons (Fsp3) is 0.421. The molecule has 0 unspecified atom stereocenters. The first kappa shape index (κ1) is 16.8. The second-order valence-electron chi connectivity index (χ2n) is 6.71. The van der Waals surface area contributed by atoms with Crippen molar-refractivity contribution in [2.75, 3.05) is 6.61 Å². The fourth-order valence-corrected chi connectivity index (χ4v) is 3.53. The number of fused-ring (bicyclic) bond motifs is 3. The molecule has 1 aliphatic rings. The average Bonchev–Trinajstić information content (AvgIpc) is 3.20. The van der Waals surface area contributed by atoms with Crippen LogP contribution in [0.3, 0.4) is 0 Å². The number of hydrogen-bond acceptors (Lipinski definition) is 6. The molecule has 3 aromatic rings. The first-order valence-electron chi connectivity index (χ1n) is 8.79. The van der Waals surface area contributed by atoms with E-state index >= 15 is 0 Å². The monoisotopic (exact) mass is 355 g/mol. The molecular weight excluding hydrogens is 334 g/mol. The van der Waals surface area contributed by atoms with Crippen LogP contribution < -0.4 is 10.4 Å². The van der Waals surface area contributed by atoms with E-state index in [4.69, 9.17) is 9.15 Å². The normalized spacial score (nSPS) is 14.6. The lowest BCUT2D eigenvalue weighted by atomic mass is 10.1. The minimum atomic E-state index is -0.725. The van der Waals surface area contributed by atoms with E-state index in [1.165, 1.54) is 0 Å². The number of ether oxygens (including phenoxy) is 1. The highest BCUT2D eigenvalue weighted by molar-refractivity contribution is 5.83. The van der Waals surface area contributed by atoms with E-state index < -0.39 is 6.10 Å². The van der Waals surface area contributed by atoms with Crippen LogP contribution in [0.4, 0.5) is 0 Å². The molecule has 136 valence electrons. The van der Waals surface area contributed by atoms with Gasteiger partial charge in [0.25, 0.3) is 0 Å². The zero-order valence-corrected chi connectivity index (χ0v) is 14.9. The summed E-state index contributed by atoms with van der Waals surface area (Å²) in [5.74, 6) is 1.99. The van der Waals surface area contributed by atoms with Crippen molar-refractivity contribution in [3.05, 3.63) is 51.4 Å². The van der Waals surface area contributed by atoms with Crippen molar-refractivity contribution in [2.24, 2.45) is 0 Å². The van der Waals surface area contributed by atoms with Crippen LogP contribution in [0.25, 0.3) is 11.0 Å². The van der Waals surface area contributed by atoms with Gasteiger partial charge in [-0.1, -0.05) is 0 Å². The molecule has 0 spiro atoms. The predicted molar refractivity (Wildman–Crippen MR) is 95.5 cm³/mol. The summed E-state index contributed by atoms with van der Waals surface area (Å²) >= 11 is 0. The number of aromatic nitrogens is 3. The highest BCUT2D eigenvalue weighted by Gasteiger charge is 2.19. The molecule has 26 heavy (non-hydrogen) atoms. The molecule has 2 heterocycles. The molecule has 0 amide bonds. The van der Waals surface area contributed by atoms with Crippen molar-refractivity contribution < 1.29 is 14.3 Å². The lowest BCUT2D eigenvalue weighted by Crippen LogP contribution is -2.24. The number of benzene rings is 1. The molecule has 0 aliphatic heterocycles. The molecule has 0 bridgehead atoms. The Morgan fingerprint density at radius 3 is 2.88 bits per heavy atom. The van der Waals surface area contributed by atoms with Crippen LogP contribution in [0.2, 0.25) is 0 Å². The molecule has 0 fully saturated rings. The summed E-state index contributed by atoms with van der Waals surface area (Å²) in [7, 11) is 0. The van der Waals surface area contributed by atoms with Gasteiger partial charge in [-0.05, 0) is 50.8 Å². The minimum absolute atomic E-state index is 0.110. The first-order valence-corrected chi connectivity index (χ1v) is 8.79. The van der Waals surface area contributed by atoms with E-state index in [1.54, 1.807) is 10.7 Å². The molecule has 1 aromatic carbocycles. The smallest absolute Gasteiger partial charge is 0.339 e. The molecule has 1 atom stereocenters. The molecule has 0 saturated carbocycles. The number of aliphatic hydroxyl groups is 1. The number of nitrogens with zero attached hydrogens (tertiary/aromatic N) is 3. The molecule has 1 N–H and O–H groups in total. The van der Waals surface area contributed by atoms with Crippen molar-refractivity contribution in [1.82, 2.24) is 14.8 Å². The van der Waals surface area contributed by atoms with Gasteiger partial charge in [-0.25, -0.2) is 14.5 Å². The highest BCUT2D eigenvalue weighted by atomic mass is 16.5. The van der Waals surface area contributed by atoms with Crippen LogP contribution >= 0.6 is 0 Å². The highest BCUT2D eigenvalue weighted by Crippen LogP contribution is 2.29. The molecule has 0 radical (unpaired) electrons. The van der Waals surface area contributed by atoms with Gasteiger partial charge in [0.2, 0.25) is 0 Å². The maximum Gasteiger partial charge on any atom is 0.339 e. The SMILES string of the molecule is Cc1nc(C)n(C[C@H](O)COc2ccc3c4c(c(=O)oc3c2)CCC4)n1. The van der Waals surface area contributed by atoms with E-state index in [1.807, 2.05) is 26.0 Å². The Hall–Kier alpha value is -2.67. The van der Waals surface area contributed by atoms with Crippen LogP contribution in [0, 0.1) is 13.8 Å². The summed E-state index contributed by atoms with van der Waals surface area (Å²) in [5.41, 5.74) is 2.18. The van der Waals surface area contributed by atoms with Crippen molar-refractivity contribution in [3.63, 3.8) is 0 Å². The van der Waals surface area contributed by atoms with E-state index in [0.717, 1.165) is 41.6 Å². The number of aryl methyl sites for hydroxylation is 3. The Labute approximate surface area is 150 Å². The zero-order chi connectivity index (χ0) is 18.3. The molecule has 2 aromatic heterocycles. The Balaban J connectivity index is 1.48. The Kier molecular flexibility index (Phi) is 4.24. The first-order chi connectivity index (χ1) is 12.5. The van der Waals surface area contributed by atoms with Crippen LogP contribution in [-0.2, 0) is 19.4 Å². The third kappa shape index (κ3) is 3.10. The predicted octanol–water partition coefficient (Wildman–Crippen LogP) is 1.93. The molecule has 1 aliphatic carbocycles. The number of aliphatic hydroxyl groups excluding tert-OH is 1. The Bertz CT molecular complexity index is 1020. The Morgan fingerprint density at radius 2 is 2.12 bits per heavy atom. The second kappa shape index (κ2) is 6.57. The van der Waals surface area contributed by atoms with Gasteiger partial charge in [-0.3, -0.25) is 0 Å². The second-order valence-corrected chi connectivity index (χ2v) is 6.71. The molecular formula is C19H21N3O4. The van der Waals surface area contributed by atoms with Crippen molar-refractivity contribution in [2.45, 2.75) is 45.8 Å². The maximum absolute atomic E-state index is 12.1. The lowest BCUT2D eigenvalue weighted by molar-refractivity contribution is 0.0886. The topological polar surface area (TPSA) is 90.4 Å². The van der Waals surface area contributed by atoms with Gasteiger partial charge in [0.05, 0.1) is 6.54 Å².